The van der Waals surface area contributed by atoms with Gasteiger partial charge in [0.25, 0.3) is 0 Å². The average molecular weight is 290 g/mol. The average Bonchev–Trinajstić information content (AvgIpc) is 2.49. The quantitative estimate of drug-likeness (QED) is 0.328. The molecular formula is C18H26O3. The summed E-state index contributed by atoms with van der Waals surface area (Å²) < 4.78 is 0. The van der Waals surface area contributed by atoms with Gasteiger partial charge >= 0.3 is 0 Å². The Balaban J connectivity index is 3.66. The molecule has 0 heterocycles. The topological polar surface area (TPSA) is 60.7 Å². The molecule has 0 saturated heterocycles. The molecule has 2 atom stereocenters. The van der Waals surface area contributed by atoms with Crippen LogP contribution >= 0.6 is 0 Å². The van der Waals surface area contributed by atoms with Gasteiger partial charge in [0, 0.05) is 6.61 Å². The SMILES string of the molecule is C=C[C@@H](O)C#CC#C[C@@H](O)C=CCCCCCCCCO. The summed E-state index contributed by atoms with van der Waals surface area (Å²) in [5.74, 6) is 9.97. The van der Waals surface area contributed by atoms with Gasteiger partial charge in [-0.3, -0.25) is 0 Å². The van der Waals surface area contributed by atoms with Crippen LogP contribution in [0.3, 0.4) is 0 Å². The van der Waals surface area contributed by atoms with Gasteiger partial charge in [-0.05, 0) is 37.2 Å². The van der Waals surface area contributed by atoms with Gasteiger partial charge in [-0.25, -0.2) is 0 Å². The van der Waals surface area contributed by atoms with Gasteiger partial charge in [0.05, 0.1) is 0 Å². The lowest BCUT2D eigenvalue weighted by molar-refractivity contribution is 0.280. The molecule has 3 N–H and O–H groups in total. The van der Waals surface area contributed by atoms with Crippen LogP contribution in [0.1, 0.15) is 44.9 Å². The first-order valence-corrected chi connectivity index (χ1v) is 7.48. The van der Waals surface area contributed by atoms with E-state index in [2.05, 4.69) is 30.3 Å². The molecule has 0 radical (unpaired) electrons. The Kier molecular flexibility index (Phi) is 13.8. The minimum Gasteiger partial charge on any atom is -0.396 e. The summed E-state index contributed by atoms with van der Waals surface area (Å²) in [5, 5.41) is 27.2. The molecule has 0 rings (SSSR count). The van der Waals surface area contributed by atoms with Crippen LogP contribution in [0, 0.1) is 23.7 Å². The molecule has 0 aliphatic rings. The largest absolute Gasteiger partial charge is 0.396 e. The fourth-order valence-electron chi connectivity index (χ4n) is 1.63. The maximum Gasteiger partial charge on any atom is 0.134 e. The highest BCUT2D eigenvalue weighted by molar-refractivity contribution is 5.31. The van der Waals surface area contributed by atoms with E-state index in [4.69, 9.17) is 10.2 Å². The summed E-state index contributed by atoms with van der Waals surface area (Å²) in [6.45, 7) is 3.68. The van der Waals surface area contributed by atoms with E-state index in [1.807, 2.05) is 6.08 Å². The zero-order valence-electron chi connectivity index (χ0n) is 12.6. The van der Waals surface area contributed by atoms with E-state index in [0.29, 0.717) is 6.61 Å². The molecule has 0 saturated carbocycles. The molecule has 0 bridgehead atoms. The highest BCUT2D eigenvalue weighted by Gasteiger charge is 1.92. The molecule has 0 aromatic heterocycles. The molecule has 0 amide bonds. The molecule has 0 unspecified atom stereocenters. The highest BCUT2D eigenvalue weighted by atomic mass is 16.3. The molecule has 0 aliphatic carbocycles. The Bertz CT molecular complexity index is 404. The molecule has 0 spiro atoms. The van der Waals surface area contributed by atoms with Crippen LogP contribution < -0.4 is 0 Å². The third-order valence-electron chi connectivity index (χ3n) is 2.82. The summed E-state index contributed by atoms with van der Waals surface area (Å²) in [6.07, 6.45) is 10.8. The van der Waals surface area contributed by atoms with E-state index in [-0.39, 0.29) is 0 Å². The van der Waals surface area contributed by atoms with Crippen molar-refractivity contribution in [2.75, 3.05) is 6.61 Å². The van der Waals surface area contributed by atoms with Crippen molar-refractivity contribution in [2.24, 2.45) is 0 Å². The van der Waals surface area contributed by atoms with E-state index in [9.17, 15) is 5.11 Å². The first-order chi connectivity index (χ1) is 10.2. The number of aliphatic hydroxyl groups is 3. The van der Waals surface area contributed by atoms with Crippen LogP contribution in [-0.2, 0) is 0 Å². The maximum absolute atomic E-state index is 9.54. The van der Waals surface area contributed by atoms with Crippen molar-refractivity contribution >= 4 is 0 Å². The van der Waals surface area contributed by atoms with Gasteiger partial charge in [-0.2, -0.15) is 0 Å². The number of aliphatic hydroxyl groups excluding tert-OH is 3. The molecule has 0 aromatic carbocycles. The van der Waals surface area contributed by atoms with Gasteiger partial charge in [-0.1, -0.05) is 56.3 Å². The lowest BCUT2D eigenvalue weighted by Gasteiger charge is -1.99. The van der Waals surface area contributed by atoms with Crippen LogP contribution in [0.4, 0.5) is 0 Å². The summed E-state index contributed by atoms with van der Waals surface area (Å²) in [4.78, 5) is 0. The van der Waals surface area contributed by atoms with Crippen LogP contribution in [0.5, 0.6) is 0 Å². The Morgan fingerprint density at radius 1 is 0.857 bits per heavy atom. The Hall–Kier alpha value is -1.52. The second-order valence-electron chi connectivity index (χ2n) is 4.73. The molecule has 21 heavy (non-hydrogen) atoms. The van der Waals surface area contributed by atoms with Crippen LogP contribution in [0.2, 0.25) is 0 Å². The van der Waals surface area contributed by atoms with Crippen LogP contribution in [-0.4, -0.2) is 34.1 Å². The fourth-order valence-corrected chi connectivity index (χ4v) is 1.63. The van der Waals surface area contributed by atoms with Gasteiger partial charge in [0.1, 0.15) is 12.2 Å². The zero-order valence-corrected chi connectivity index (χ0v) is 12.6. The van der Waals surface area contributed by atoms with Crippen LogP contribution in [0.25, 0.3) is 0 Å². The monoisotopic (exact) mass is 290 g/mol. The van der Waals surface area contributed by atoms with E-state index in [1.54, 1.807) is 6.08 Å². The molecule has 0 fully saturated rings. The number of unbranched alkanes of at least 4 members (excludes halogenated alkanes) is 6. The first-order valence-electron chi connectivity index (χ1n) is 7.48. The number of hydrogen-bond acceptors (Lipinski definition) is 3. The lowest BCUT2D eigenvalue weighted by Crippen LogP contribution is -1.97. The Labute approximate surface area is 128 Å². The van der Waals surface area contributed by atoms with Crippen molar-refractivity contribution in [1.29, 1.82) is 0 Å². The van der Waals surface area contributed by atoms with E-state index < -0.39 is 12.2 Å². The van der Waals surface area contributed by atoms with Crippen molar-refractivity contribution in [3.05, 3.63) is 24.8 Å². The number of allylic oxidation sites excluding steroid dienone is 1. The van der Waals surface area contributed by atoms with Gasteiger partial charge in [0.15, 0.2) is 0 Å². The number of hydrogen-bond donors (Lipinski definition) is 3. The third kappa shape index (κ3) is 14.7. The lowest BCUT2D eigenvalue weighted by atomic mass is 10.1. The van der Waals surface area contributed by atoms with Gasteiger partial charge < -0.3 is 15.3 Å². The predicted octanol–water partition coefficient (Wildman–Crippen LogP) is 2.18. The van der Waals surface area contributed by atoms with Gasteiger partial charge in [-0.15, -0.1) is 0 Å². The van der Waals surface area contributed by atoms with Crippen molar-refractivity contribution in [1.82, 2.24) is 0 Å². The second-order valence-corrected chi connectivity index (χ2v) is 4.73. The van der Waals surface area contributed by atoms with E-state index >= 15 is 0 Å². The molecule has 0 aromatic rings. The summed E-state index contributed by atoms with van der Waals surface area (Å²) >= 11 is 0. The van der Waals surface area contributed by atoms with Crippen LogP contribution in [0.15, 0.2) is 24.8 Å². The normalized spacial score (nSPS) is 12.9. The van der Waals surface area contributed by atoms with Gasteiger partial charge in [0.2, 0.25) is 0 Å². The Morgan fingerprint density at radius 2 is 1.43 bits per heavy atom. The van der Waals surface area contributed by atoms with E-state index in [0.717, 1.165) is 25.7 Å². The molecule has 0 aliphatic heterocycles. The molecule has 116 valence electrons. The zero-order chi connectivity index (χ0) is 15.8. The van der Waals surface area contributed by atoms with Crippen molar-refractivity contribution in [3.63, 3.8) is 0 Å². The van der Waals surface area contributed by atoms with E-state index in [1.165, 1.54) is 25.3 Å². The first kappa shape index (κ1) is 19.5. The summed E-state index contributed by atoms with van der Waals surface area (Å²) in [6, 6.07) is 0. The summed E-state index contributed by atoms with van der Waals surface area (Å²) in [5.41, 5.74) is 0. The maximum atomic E-state index is 9.54. The van der Waals surface area contributed by atoms with Crippen molar-refractivity contribution in [2.45, 2.75) is 57.2 Å². The number of rotatable bonds is 10. The molecule has 3 nitrogen and oxygen atoms in total. The van der Waals surface area contributed by atoms with Crippen molar-refractivity contribution < 1.29 is 15.3 Å². The van der Waals surface area contributed by atoms with Crippen molar-refractivity contribution in [3.8, 4) is 23.7 Å². The summed E-state index contributed by atoms with van der Waals surface area (Å²) in [7, 11) is 0. The molecular weight excluding hydrogens is 264 g/mol. The minimum atomic E-state index is -0.871. The standard InChI is InChI=1S/C18H26O3/c1-2-17(20)13-10-11-15-18(21)14-9-7-5-3-4-6-8-12-16-19/h2,9,14,17-21H,1,3-8,12,16H2/t17-,18+/m1/s1. The second kappa shape index (κ2) is 14.9. The fraction of sp³-hybridized carbons (Fsp3) is 0.556. The minimum absolute atomic E-state index is 0.290. The molecule has 3 heteroatoms. The Morgan fingerprint density at radius 3 is 2.05 bits per heavy atom. The smallest absolute Gasteiger partial charge is 0.134 e. The predicted molar refractivity (Wildman–Crippen MR) is 86.3 cm³/mol. The highest BCUT2D eigenvalue weighted by Crippen LogP contribution is 2.07. The third-order valence-corrected chi connectivity index (χ3v) is 2.82.